The van der Waals surface area contributed by atoms with Gasteiger partial charge in [0.15, 0.2) is 4.34 Å². The molecular weight excluding hydrogens is 508 g/mol. The molecule has 180 valence electrons. The molecule has 0 unspecified atom stereocenters. The number of hydrogen-bond donors (Lipinski definition) is 0. The summed E-state index contributed by atoms with van der Waals surface area (Å²) in [6, 6.07) is 16.1. The van der Waals surface area contributed by atoms with Gasteiger partial charge in [0, 0.05) is 46.3 Å². The molecule has 0 atom stereocenters. The number of halogens is 1. The first-order valence-electron chi connectivity index (χ1n) is 11.3. The van der Waals surface area contributed by atoms with Crippen molar-refractivity contribution in [3.05, 3.63) is 102 Å². The van der Waals surface area contributed by atoms with E-state index in [0.717, 1.165) is 47.3 Å². The van der Waals surface area contributed by atoms with Gasteiger partial charge in [-0.15, -0.1) is 11.3 Å². The second-order valence-electron chi connectivity index (χ2n) is 7.94. The zero-order chi connectivity index (χ0) is 25.1. The van der Waals surface area contributed by atoms with Crippen LogP contribution in [-0.2, 0) is 6.61 Å². The molecule has 0 aliphatic rings. The van der Waals surface area contributed by atoms with Gasteiger partial charge < -0.3 is 9.64 Å². The SMILES string of the molecule is C=CN(/C=C\C)c1cc(C)nc2c(OCc3c(Cl)cncc3Sc3nc4ccccc4s3)cccc12. The molecule has 8 heteroatoms. The molecule has 0 fully saturated rings. The van der Waals surface area contributed by atoms with Crippen LogP contribution in [0.15, 0.2) is 95.2 Å². The van der Waals surface area contributed by atoms with Gasteiger partial charge in [-0.05, 0) is 38.1 Å². The summed E-state index contributed by atoms with van der Waals surface area (Å²) in [6.45, 7) is 8.18. The molecule has 0 saturated heterocycles. The molecule has 5 nitrogen and oxygen atoms in total. The van der Waals surface area contributed by atoms with Gasteiger partial charge in [-0.25, -0.2) is 9.97 Å². The zero-order valence-corrected chi connectivity index (χ0v) is 22.2. The van der Waals surface area contributed by atoms with Gasteiger partial charge >= 0.3 is 0 Å². The van der Waals surface area contributed by atoms with Crippen molar-refractivity contribution in [2.24, 2.45) is 0 Å². The van der Waals surface area contributed by atoms with Crippen LogP contribution in [-0.4, -0.2) is 15.0 Å². The molecule has 2 aromatic carbocycles. The lowest BCUT2D eigenvalue weighted by Gasteiger charge is -2.19. The third kappa shape index (κ3) is 4.95. The number of rotatable bonds is 8. The average Bonchev–Trinajstić information content (AvgIpc) is 3.29. The standard InChI is InChI=1S/C28H23ClN4OS2/c1-4-13-33(5-2)23-14-18(3)31-27-19(23)9-8-11-24(27)34-17-20-21(29)15-30-16-26(20)36-28-32-22-10-6-7-12-25(22)35-28/h4-16H,2,17H2,1,3H3/b13-4-. The lowest BCUT2D eigenvalue weighted by molar-refractivity contribution is 0.306. The summed E-state index contributed by atoms with van der Waals surface area (Å²) in [5.74, 6) is 0.686. The van der Waals surface area contributed by atoms with Gasteiger partial charge in [0.05, 0.1) is 20.9 Å². The highest BCUT2D eigenvalue weighted by atomic mass is 35.5. The summed E-state index contributed by atoms with van der Waals surface area (Å²) in [4.78, 5) is 16.7. The van der Waals surface area contributed by atoms with E-state index in [1.807, 2.05) is 79.7 Å². The van der Waals surface area contributed by atoms with Crippen molar-refractivity contribution in [3.63, 3.8) is 0 Å². The fourth-order valence-corrected chi connectivity index (χ4v) is 6.28. The Morgan fingerprint density at radius 2 is 2.00 bits per heavy atom. The van der Waals surface area contributed by atoms with Gasteiger partial charge in [-0.3, -0.25) is 4.98 Å². The molecule has 0 N–H and O–H groups in total. The summed E-state index contributed by atoms with van der Waals surface area (Å²) in [7, 11) is 0. The molecule has 0 bridgehead atoms. The number of pyridine rings is 2. The molecule has 0 saturated carbocycles. The molecule has 0 aliphatic carbocycles. The van der Waals surface area contributed by atoms with Crippen LogP contribution in [0.5, 0.6) is 5.75 Å². The van der Waals surface area contributed by atoms with Gasteiger partial charge in [-0.1, -0.05) is 60.3 Å². The first-order chi connectivity index (χ1) is 17.6. The predicted octanol–water partition coefficient (Wildman–Crippen LogP) is 8.42. The molecular formula is C28H23ClN4OS2. The summed E-state index contributed by atoms with van der Waals surface area (Å²) in [5.41, 5.74) is 4.51. The van der Waals surface area contributed by atoms with E-state index in [1.54, 1.807) is 35.5 Å². The smallest absolute Gasteiger partial charge is 0.155 e. The van der Waals surface area contributed by atoms with E-state index < -0.39 is 0 Å². The second kappa shape index (κ2) is 10.7. The number of para-hydroxylation sites is 2. The highest BCUT2D eigenvalue weighted by Crippen LogP contribution is 2.38. The number of nitrogens with zero attached hydrogens (tertiary/aromatic N) is 4. The van der Waals surface area contributed by atoms with Crippen molar-refractivity contribution >= 4 is 61.5 Å². The lowest BCUT2D eigenvalue weighted by Crippen LogP contribution is -2.08. The van der Waals surface area contributed by atoms with Crippen molar-refractivity contribution in [2.45, 2.75) is 29.7 Å². The van der Waals surface area contributed by atoms with E-state index in [-0.39, 0.29) is 6.61 Å². The molecule has 0 aliphatic heterocycles. The van der Waals surface area contributed by atoms with Crippen molar-refractivity contribution in [2.75, 3.05) is 4.90 Å². The largest absolute Gasteiger partial charge is 0.487 e. The number of aromatic nitrogens is 3. The fourth-order valence-electron chi connectivity index (χ4n) is 3.87. The first kappa shape index (κ1) is 24.3. The maximum absolute atomic E-state index is 6.59. The third-order valence-electron chi connectivity index (χ3n) is 5.50. The zero-order valence-electron chi connectivity index (χ0n) is 19.8. The Bertz CT molecular complexity index is 1560. The Kier molecular flexibility index (Phi) is 7.23. The van der Waals surface area contributed by atoms with Crippen molar-refractivity contribution in [3.8, 4) is 5.75 Å². The van der Waals surface area contributed by atoms with Crippen LogP contribution < -0.4 is 9.64 Å². The minimum absolute atomic E-state index is 0.276. The number of allylic oxidation sites excluding steroid dienone is 1. The molecule has 3 aromatic heterocycles. The van der Waals surface area contributed by atoms with Crippen molar-refractivity contribution in [1.29, 1.82) is 0 Å². The van der Waals surface area contributed by atoms with Gasteiger partial charge in [0.25, 0.3) is 0 Å². The number of thiazole rings is 1. The number of benzene rings is 2. The van der Waals surface area contributed by atoms with Gasteiger partial charge in [-0.2, -0.15) is 0 Å². The highest BCUT2D eigenvalue weighted by Gasteiger charge is 2.16. The second-order valence-corrected chi connectivity index (χ2v) is 10.7. The van der Waals surface area contributed by atoms with E-state index in [9.17, 15) is 0 Å². The number of anilines is 1. The summed E-state index contributed by atoms with van der Waals surface area (Å²) >= 11 is 9.79. The Balaban J connectivity index is 1.47. The minimum atomic E-state index is 0.276. The molecule has 3 heterocycles. The highest BCUT2D eigenvalue weighted by molar-refractivity contribution is 8.01. The van der Waals surface area contributed by atoms with E-state index in [1.165, 1.54) is 0 Å². The maximum atomic E-state index is 6.59. The number of aryl methyl sites for hydroxylation is 1. The quantitative estimate of drug-likeness (QED) is 0.201. The lowest BCUT2D eigenvalue weighted by atomic mass is 10.1. The molecule has 5 aromatic rings. The Labute approximate surface area is 223 Å². The van der Waals surface area contributed by atoms with Crippen LogP contribution in [0.3, 0.4) is 0 Å². The number of hydrogen-bond acceptors (Lipinski definition) is 7. The van der Waals surface area contributed by atoms with E-state index in [0.29, 0.717) is 10.8 Å². The van der Waals surface area contributed by atoms with Crippen LogP contribution in [0, 0.1) is 6.92 Å². The third-order valence-corrected chi connectivity index (χ3v) is 8.00. The van der Waals surface area contributed by atoms with Gasteiger partial charge in [0.1, 0.15) is 17.9 Å². The average molecular weight is 531 g/mol. The van der Waals surface area contributed by atoms with Gasteiger partial charge in [0.2, 0.25) is 0 Å². The molecule has 0 radical (unpaired) electrons. The minimum Gasteiger partial charge on any atom is -0.487 e. The summed E-state index contributed by atoms with van der Waals surface area (Å²) in [5, 5.41) is 1.53. The monoisotopic (exact) mass is 530 g/mol. The predicted molar refractivity (Wildman–Crippen MR) is 151 cm³/mol. The first-order valence-corrected chi connectivity index (χ1v) is 13.3. The van der Waals surface area contributed by atoms with Crippen LogP contribution in [0.1, 0.15) is 18.2 Å². The summed E-state index contributed by atoms with van der Waals surface area (Å²) < 4.78 is 8.42. The molecule has 36 heavy (non-hydrogen) atoms. The number of ether oxygens (including phenoxy) is 1. The van der Waals surface area contributed by atoms with Crippen LogP contribution in [0.25, 0.3) is 21.1 Å². The van der Waals surface area contributed by atoms with Crippen molar-refractivity contribution in [1.82, 2.24) is 15.0 Å². The molecule has 5 rings (SSSR count). The normalized spacial score (nSPS) is 11.4. The van der Waals surface area contributed by atoms with E-state index in [4.69, 9.17) is 26.3 Å². The Morgan fingerprint density at radius 3 is 2.81 bits per heavy atom. The maximum Gasteiger partial charge on any atom is 0.155 e. The van der Waals surface area contributed by atoms with E-state index in [2.05, 4.69) is 17.6 Å². The molecule has 0 amide bonds. The molecule has 0 spiro atoms. The summed E-state index contributed by atoms with van der Waals surface area (Å²) in [6.07, 6.45) is 9.18. The van der Waals surface area contributed by atoms with Crippen LogP contribution in [0.4, 0.5) is 5.69 Å². The van der Waals surface area contributed by atoms with Crippen molar-refractivity contribution < 1.29 is 4.74 Å². The van der Waals surface area contributed by atoms with E-state index >= 15 is 0 Å². The number of fused-ring (bicyclic) bond motifs is 2. The van der Waals surface area contributed by atoms with Crippen LogP contribution >= 0.6 is 34.7 Å². The Morgan fingerprint density at radius 1 is 1.14 bits per heavy atom. The Hall–Kier alpha value is -3.39. The van der Waals surface area contributed by atoms with Crippen LogP contribution in [0.2, 0.25) is 5.02 Å². The fraction of sp³-hybridized carbons (Fsp3) is 0.107. The topological polar surface area (TPSA) is 51.1 Å².